The zero-order valence-corrected chi connectivity index (χ0v) is 32.1. The fourth-order valence-corrected chi connectivity index (χ4v) is 11.2. The van der Waals surface area contributed by atoms with Gasteiger partial charge in [-0.2, -0.15) is 0 Å². The first kappa shape index (κ1) is 31.9. The minimum atomic E-state index is 0.949. The van der Waals surface area contributed by atoms with E-state index in [1.54, 1.807) is 0 Å². The van der Waals surface area contributed by atoms with Crippen LogP contribution >= 0.6 is 11.3 Å². The molecule has 2 heterocycles. The van der Waals surface area contributed by atoms with Crippen LogP contribution in [0.4, 0.5) is 0 Å². The van der Waals surface area contributed by atoms with Crippen LogP contribution in [0.1, 0.15) is 0 Å². The lowest BCUT2D eigenvalue weighted by Gasteiger charge is -2.20. The van der Waals surface area contributed by atoms with E-state index < -0.39 is 0 Å². The summed E-state index contributed by atoms with van der Waals surface area (Å²) in [4.78, 5) is 0. The molecule has 13 rings (SSSR count). The summed E-state index contributed by atoms with van der Waals surface area (Å²) in [6, 6.07) is 71.5. The second-order valence-corrected chi connectivity index (χ2v) is 16.5. The summed E-state index contributed by atoms with van der Waals surface area (Å²) in [5.74, 6) is 0. The van der Waals surface area contributed by atoms with E-state index in [1.165, 1.54) is 102 Å². The molecule has 268 valence electrons. The molecule has 0 amide bonds. The zero-order valence-electron chi connectivity index (χ0n) is 31.3. The van der Waals surface area contributed by atoms with E-state index >= 15 is 0 Å². The van der Waals surface area contributed by atoms with Crippen LogP contribution in [0.15, 0.2) is 199 Å². The topological polar surface area (TPSA) is 13.1 Å². The van der Waals surface area contributed by atoms with E-state index in [2.05, 4.69) is 194 Å². The third-order valence-electron chi connectivity index (χ3n) is 12.5. The first-order chi connectivity index (χ1) is 28.8. The van der Waals surface area contributed by atoms with Crippen LogP contribution < -0.4 is 0 Å². The van der Waals surface area contributed by atoms with E-state index in [9.17, 15) is 0 Å². The number of hydrogen-bond donors (Lipinski definition) is 0. The molecule has 0 fully saturated rings. The third-order valence-corrected chi connectivity index (χ3v) is 13.7. The Morgan fingerprint density at radius 2 is 0.741 bits per heavy atom. The molecular weight excluding hydrogens is 721 g/mol. The molecule has 0 aliphatic heterocycles. The van der Waals surface area contributed by atoms with Crippen LogP contribution in [0.3, 0.4) is 0 Å². The molecule has 0 N–H and O–H groups in total. The fourth-order valence-electron chi connectivity index (χ4n) is 9.97. The number of rotatable bonds is 3. The maximum atomic E-state index is 6.92. The second kappa shape index (κ2) is 12.1. The van der Waals surface area contributed by atoms with Gasteiger partial charge in [-0.05, 0) is 100 Å². The number of hydrogen-bond acceptors (Lipinski definition) is 2. The molecular formula is C56H32OS. The molecule has 1 nitrogen and oxygen atoms in total. The average Bonchev–Trinajstić information content (AvgIpc) is 3.87. The van der Waals surface area contributed by atoms with Crippen LogP contribution in [-0.2, 0) is 0 Å². The van der Waals surface area contributed by atoms with Crippen LogP contribution in [0.25, 0.3) is 129 Å². The van der Waals surface area contributed by atoms with Crippen molar-refractivity contribution in [1.82, 2.24) is 0 Å². The molecule has 0 saturated heterocycles. The highest BCUT2D eigenvalue weighted by Crippen LogP contribution is 2.49. The van der Waals surface area contributed by atoms with Crippen LogP contribution in [-0.4, -0.2) is 0 Å². The van der Waals surface area contributed by atoms with Gasteiger partial charge in [0, 0.05) is 31.6 Å². The second-order valence-electron chi connectivity index (χ2n) is 15.4. The van der Waals surface area contributed by atoms with Gasteiger partial charge in [0.25, 0.3) is 0 Å². The minimum Gasteiger partial charge on any atom is -0.454 e. The Labute approximate surface area is 337 Å². The maximum absolute atomic E-state index is 6.92. The lowest BCUT2D eigenvalue weighted by Crippen LogP contribution is -1.93. The summed E-state index contributed by atoms with van der Waals surface area (Å²) in [7, 11) is 0. The van der Waals surface area contributed by atoms with E-state index in [4.69, 9.17) is 4.42 Å². The summed E-state index contributed by atoms with van der Waals surface area (Å²) in [5, 5.41) is 17.2. The lowest BCUT2D eigenvalue weighted by molar-refractivity contribution is 0.677. The molecule has 2 aromatic heterocycles. The van der Waals surface area contributed by atoms with Crippen molar-refractivity contribution in [3.05, 3.63) is 194 Å². The van der Waals surface area contributed by atoms with Gasteiger partial charge in [-0.1, -0.05) is 176 Å². The zero-order chi connectivity index (χ0) is 37.9. The first-order valence-electron chi connectivity index (χ1n) is 19.9. The SMILES string of the molecule is c1ccc2c(-c3c4ccccc4c(-c4ccc(-c5cc6c7ccc8c9ccccc9sc8c7oc6c6ccccc56)c5ccccc45)c4ccccc34)cccc2c1. The smallest absolute Gasteiger partial charge is 0.153 e. The Kier molecular flexibility index (Phi) is 6.66. The summed E-state index contributed by atoms with van der Waals surface area (Å²) in [5.41, 5.74) is 9.41. The van der Waals surface area contributed by atoms with Gasteiger partial charge in [0.15, 0.2) is 5.58 Å². The first-order valence-corrected chi connectivity index (χ1v) is 20.7. The van der Waals surface area contributed by atoms with Crippen molar-refractivity contribution in [2.75, 3.05) is 0 Å². The quantitative estimate of drug-likeness (QED) is 0.164. The van der Waals surface area contributed by atoms with Gasteiger partial charge in [-0.3, -0.25) is 0 Å². The Morgan fingerprint density at radius 1 is 0.276 bits per heavy atom. The normalized spacial score (nSPS) is 12.1. The summed E-state index contributed by atoms with van der Waals surface area (Å²) < 4.78 is 9.41. The molecule has 0 aliphatic rings. The Bertz CT molecular complexity index is 3800. The largest absolute Gasteiger partial charge is 0.454 e. The van der Waals surface area contributed by atoms with Gasteiger partial charge in [0.1, 0.15) is 5.58 Å². The Hall–Kier alpha value is -7.26. The van der Waals surface area contributed by atoms with Gasteiger partial charge >= 0.3 is 0 Å². The van der Waals surface area contributed by atoms with Crippen molar-refractivity contribution in [3.63, 3.8) is 0 Å². The minimum absolute atomic E-state index is 0.949. The molecule has 13 aromatic rings. The van der Waals surface area contributed by atoms with Gasteiger partial charge in [0.2, 0.25) is 0 Å². The highest BCUT2D eigenvalue weighted by molar-refractivity contribution is 7.26. The Morgan fingerprint density at radius 3 is 1.43 bits per heavy atom. The highest BCUT2D eigenvalue weighted by atomic mass is 32.1. The van der Waals surface area contributed by atoms with Gasteiger partial charge < -0.3 is 4.42 Å². The monoisotopic (exact) mass is 752 g/mol. The van der Waals surface area contributed by atoms with Crippen LogP contribution in [0.2, 0.25) is 0 Å². The van der Waals surface area contributed by atoms with Crippen LogP contribution in [0, 0.1) is 0 Å². The third kappa shape index (κ3) is 4.41. The number of thiophene rings is 1. The number of benzene rings is 11. The number of fused-ring (bicyclic) bond motifs is 13. The highest BCUT2D eigenvalue weighted by Gasteiger charge is 2.22. The molecule has 2 heteroatoms. The number of furan rings is 1. The van der Waals surface area contributed by atoms with Crippen molar-refractivity contribution in [1.29, 1.82) is 0 Å². The lowest BCUT2D eigenvalue weighted by atomic mass is 9.82. The molecule has 0 radical (unpaired) electrons. The van der Waals surface area contributed by atoms with Crippen molar-refractivity contribution in [3.8, 4) is 33.4 Å². The van der Waals surface area contributed by atoms with Crippen molar-refractivity contribution in [2.45, 2.75) is 0 Å². The molecule has 0 aliphatic carbocycles. The predicted octanol–water partition coefficient (Wildman–Crippen LogP) is 16.7. The van der Waals surface area contributed by atoms with Crippen LogP contribution in [0.5, 0.6) is 0 Å². The van der Waals surface area contributed by atoms with E-state index in [0.29, 0.717) is 0 Å². The van der Waals surface area contributed by atoms with Crippen molar-refractivity contribution < 1.29 is 4.42 Å². The molecule has 0 bridgehead atoms. The van der Waals surface area contributed by atoms with E-state index in [-0.39, 0.29) is 0 Å². The van der Waals surface area contributed by atoms with E-state index in [0.717, 1.165) is 27.3 Å². The predicted molar refractivity (Wildman–Crippen MR) is 250 cm³/mol. The average molecular weight is 753 g/mol. The van der Waals surface area contributed by atoms with E-state index in [1.807, 2.05) is 11.3 Å². The molecule has 0 unspecified atom stereocenters. The Balaban J connectivity index is 1.09. The maximum Gasteiger partial charge on any atom is 0.153 e. The fraction of sp³-hybridized carbons (Fsp3) is 0. The summed E-state index contributed by atoms with van der Waals surface area (Å²) >= 11 is 1.82. The molecule has 0 atom stereocenters. The van der Waals surface area contributed by atoms with Gasteiger partial charge in [-0.15, -0.1) is 11.3 Å². The molecule has 0 spiro atoms. The molecule has 0 saturated carbocycles. The molecule has 58 heavy (non-hydrogen) atoms. The summed E-state index contributed by atoms with van der Waals surface area (Å²) in [6.07, 6.45) is 0. The standard InChI is InChI=1S/C56H32OS/c1-2-16-34-33(14-1)15-13-26-40(34)52-41-21-6-8-23-43(41)53(44-24-9-7-22-42(44)52)45-29-28-38(35-17-3-4-18-36(35)45)49-32-50-47-30-31-48-39-20-11-12-27-51(39)58-56(48)55(47)57-54(50)46-25-10-5-19-37(46)49/h1-32H. The summed E-state index contributed by atoms with van der Waals surface area (Å²) in [6.45, 7) is 0. The van der Waals surface area contributed by atoms with Gasteiger partial charge in [-0.25, -0.2) is 0 Å². The molecule has 11 aromatic carbocycles. The van der Waals surface area contributed by atoms with Gasteiger partial charge in [0.05, 0.1) is 4.70 Å². The van der Waals surface area contributed by atoms with Crippen molar-refractivity contribution >= 4 is 107 Å². The van der Waals surface area contributed by atoms with Crippen molar-refractivity contribution in [2.24, 2.45) is 0 Å².